The van der Waals surface area contributed by atoms with E-state index in [-0.39, 0.29) is 5.97 Å². The molecule has 1 aromatic rings. The van der Waals surface area contributed by atoms with E-state index in [0.29, 0.717) is 23.6 Å². The highest BCUT2D eigenvalue weighted by Gasteiger charge is 2.42. The van der Waals surface area contributed by atoms with Crippen molar-refractivity contribution in [1.29, 1.82) is 0 Å². The van der Waals surface area contributed by atoms with Gasteiger partial charge in [-0.15, -0.1) is 0 Å². The monoisotopic (exact) mass is 247 g/mol. The summed E-state index contributed by atoms with van der Waals surface area (Å²) in [7, 11) is 0. The maximum absolute atomic E-state index is 11.9. The minimum Gasteiger partial charge on any atom is -0.462 e. The van der Waals surface area contributed by atoms with Gasteiger partial charge in [0.15, 0.2) is 0 Å². The standard InChI is InChI=1S/C15H21NO2/c1-4-18-14(17)12-7-5-6-8-13(12)16-11(2)15(3)9-10-15/h5-8,11,16H,4,9-10H2,1-3H3. The maximum Gasteiger partial charge on any atom is 0.340 e. The van der Waals surface area contributed by atoms with Crippen LogP contribution in [0.5, 0.6) is 0 Å². The number of hydrogen-bond donors (Lipinski definition) is 1. The first-order valence-corrected chi connectivity index (χ1v) is 6.59. The van der Waals surface area contributed by atoms with Crippen LogP contribution >= 0.6 is 0 Å². The molecule has 1 aromatic carbocycles. The average molecular weight is 247 g/mol. The number of rotatable bonds is 5. The van der Waals surface area contributed by atoms with E-state index in [2.05, 4.69) is 19.2 Å². The molecule has 1 unspecified atom stereocenters. The summed E-state index contributed by atoms with van der Waals surface area (Å²) in [5.74, 6) is -0.256. The molecule has 0 saturated heterocycles. The van der Waals surface area contributed by atoms with Crippen molar-refractivity contribution in [2.75, 3.05) is 11.9 Å². The van der Waals surface area contributed by atoms with Gasteiger partial charge in [-0.05, 0) is 44.2 Å². The number of benzene rings is 1. The predicted molar refractivity (Wildman–Crippen MR) is 72.8 cm³/mol. The first-order valence-electron chi connectivity index (χ1n) is 6.59. The Kier molecular flexibility index (Phi) is 3.60. The van der Waals surface area contributed by atoms with Gasteiger partial charge in [-0.25, -0.2) is 4.79 Å². The number of carbonyl (C=O) groups excluding carboxylic acids is 1. The molecule has 0 aromatic heterocycles. The van der Waals surface area contributed by atoms with E-state index in [1.54, 1.807) is 0 Å². The van der Waals surface area contributed by atoms with E-state index < -0.39 is 0 Å². The van der Waals surface area contributed by atoms with Gasteiger partial charge in [-0.1, -0.05) is 19.1 Å². The number of carbonyl (C=O) groups is 1. The Morgan fingerprint density at radius 3 is 2.72 bits per heavy atom. The van der Waals surface area contributed by atoms with E-state index >= 15 is 0 Å². The first kappa shape index (κ1) is 12.9. The molecule has 3 heteroatoms. The molecule has 0 spiro atoms. The molecule has 98 valence electrons. The molecule has 1 fully saturated rings. The lowest BCUT2D eigenvalue weighted by molar-refractivity contribution is 0.0527. The van der Waals surface area contributed by atoms with Gasteiger partial charge >= 0.3 is 5.97 Å². The number of esters is 1. The summed E-state index contributed by atoms with van der Waals surface area (Å²) in [6.45, 7) is 6.68. The second-order valence-electron chi connectivity index (χ2n) is 5.29. The summed E-state index contributed by atoms with van der Waals surface area (Å²) in [5.41, 5.74) is 1.87. The lowest BCUT2D eigenvalue weighted by Crippen LogP contribution is -2.26. The van der Waals surface area contributed by atoms with Crippen LogP contribution in [0, 0.1) is 5.41 Å². The van der Waals surface area contributed by atoms with Crippen LogP contribution in [-0.4, -0.2) is 18.6 Å². The molecule has 0 aliphatic heterocycles. The van der Waals surface area contributed by atoms with Crippen molar-refractivity contribution in [1.82, 2.24) is 0 Å². The van der Waals surface area contributed by atoms with Gasteiger partial charge < -0.3 is 10.1 Å². The number of anilines is 1. The maximum atomic E-state index is 11.9. The molecule has 1 aliphatic rings. The molecule has 1 atom stereocenters. The number of nitrogens with one attached hydrogen (secondary N) is 1. The first-order chi connectivity index (χ1) is 8.57. The van der Waals surface area contributed by atoms with Crippen molar-refractivity contribution in [2.24, 2.45) is 5.41 Å². The van der Waals surface area contributed by atoms with Crippen LogP contribution in [0.25, 0.3) is 0 Å². The molecular weight excluding hydrogens is 226 g/mol. The Morgan fingerprint density at radius 2 is 2.11 bits per heavy atom. The number of ether oxygens (including phenoxy) is 1. The van der Waals surface area contributed by atoms with Crippen LogP contribution in [0.2, 0.25) is 0 Å². The quantitative estimate of drug-likeness (QED) is 0.810. The van der Waals surface area contributed by atoms with E-state index in [1.807, 2.05) is 31.2 Å². The van der Waals surface area contributed by atoms with E-state index in [1.165, 1.54) is 12.8 Å². The third-order valence-electron chi connectivity index (χ3n) is 3.88. The van der Waals surface area contributed by atoms with Crippen molar-refractivity contribution in [3.63, 3.8) is 0 Å². The summed E-state index contributed by atoms with van der Waals surface area (Å²) < 4.78 is 5.07. The second kappa shape index (κ2) is 5.01. The van der Waals surface area contributed by atoms with Crippen LogP contribution in [0.4, 0.5) is 5.69 Å². The van der Waals surface area contributed by atoms with Gasteiger partial charge in [0.25, 0.3) is 0 Å². The number of para-hydroxylation sites is 1. The summed E-state index contributed by atoms with van der Waals surface area (Å²) >= 11 is 0. The molecular formula is C15H21NO2. The molecule has 0 amide bonds. The zero-order chi connectivity index (χ0) is 13.2. The zero-order valence-electron chi connectivity index (χ0n) is 11.3. The topological polar surface area (TPSA) is 38.3 Å². The van der Waals surface area contributed by atoms with Crippen molar-refractivity contribution >= 4 is 11.7 Å². The van der Waals surface area contributed by atoms with Crippen LogP contribution in [0.1, 0.15) is 44.0 Å². The minimum absolute atomic E-state index is 0.256. The molecule has 0 radical (unpaired) electrons. The third-order valence-corrected chi connectivity index (χ3v) is 3.88. The van der Waals surface area contributed by atoms with Gasteiger partial charge in [-0.2, -0.15) is 0 Å². The molecule has 1 N–H and O–H groups in total. The van der Waals surface area contributed by atoms with Crippen molar-refractivity contribution in [3.05, 3.63) is 29.8 Å². The van der Waals surface area contributed by atoms with Crippen molar-refractivity contribution < 1.29 is 9.53 Å². The zero-order valence-corrected chi connectivity index (χ0v) is 11.3. The van der Waals surface area contributed by atoms with Crippen molar-refractivity contribution in [2.45, 2.75) is 39.7 Å². The highest BCUT2D eigenvalue weighted by molar-refractivity contribution is 5.95. The second-order valence-corrected chi connectivity index (χ2v) is 5.29. The molecule has 0 bridgehead atoms. The molecule has 3 nitrogen and oxygen atoms in total. The van der Waals surface area contributed by atoms with Crippen LogP contribution in [0.15, 0.2) is 24.3 Å². The fraction of sp³-hybridized carbons (Fsp3) is 0.533. The van der Waals surface area contributed by atoms with E-state index in [0.717, 1.165) is 5.69 Å². The van der Waals surface area contributed by atoms with Gasteiger partial charge in [-0.3, -0.25) is 0 Å². The smallest absolute Gasteiger partial charge is 0.340 e. The van der Waals surface area contributed by atoms with E-state index in [9.17, 15) is 4.79 Å². The molecule has 1 aliphatic carbocycles. The SMILES string of the molecule is CCOC(=O)c1ccccc1NC(C)C1(C)CC1. The van der Waals surface area contributed by atoms with Gasteiger partial charge in [0.1, 0.15) is 0 Å². The van der Waals surface area contributed by atoms with Gasteiger partial charge in [0.2, 0.25) is 0 Å². The Balaban J connectivity index is 2.14. The largest absolute Gasteiger partial charge is 0.462 e. The molecule has 1 saturated carbocycles. The third kappa shape index (κ3) is 2.66. The van der Waals surface area contributed by atoms with Crippen LogP contribution in [-0.2, 0) is 4.74 Å². The van der Waals surface area contributed by atoms with Gasteiger partial charge in [0, 0.05) is 11.7 Å². The Labute approximate surface area is 109 Å². The fourth-order valence-electron chi connectivity index (χ4n) is 2.03. The highest BCUT2D eigenvalue weighted by atomic mass is 16.5. The summed E-state index contributed by atoms with van der Waals surface area (Å²) in [5, 5.41) is 3.45. The van der Waals surface area contributed by atoms with Crippen LogP contribution < -0.4 is 5.32 Å². The highest BCUT2D eigenvalue weighted by Crippen LogP contribution is 2.48. The predicted octanol–water partition coefficient (Wildman–Crippen LogP) is 3.46. The molecule has 2 rings (SSSR count). The van der Waals surface area contributed by atoms with Gasteiger partial charge in [0.05, 0.1) is 12.2 Å². The average Bonchev–Trinajstić information content (AvgIpc) is 3.10. The number of hydrogen-bond acceptors (Lipinski definition) is 3. The summed E-state index contributed by atoms with van der Waals surface area (Å²) in [6.07, 6.45) is 2.51. The summed E-state index contributed by atoms with van der Waals surface area (Å²) in [6, 6.07) is 7.91. The van der Waals surface area contributed by atoms with Crippen LogP contribution in [0.3, 0.4) is 0 Å². The Hall–Kier alpha value is -1.51. The van der Waals surface area contributed by atoms with Crippen molar-refractivity contribution in [3.8, 4) is 0 Å². The normalized spacial score (nSPS) is 17.9. The van der Waals surface area contributed by atoms with E-state index in [4.69, 9.17) is 4.74 Å². The fourth-order valence-corrected chi connectivity index (χ4v) is 2.03. The summed E-state index contributed by atoms with van der Waals surface area (Å²) in [4.78, 5) is 11.9. The molecule has 0 heterocycles. The lowest BCUT2D eigenvalue weighted by Gasteiger charge is -2.22. The lowest BCUT2D eigenvalue weighted by atomic mass is 10.00. The molecule has 18 heavy (non-hydrogen) atoms. The minimum atomic E-state index is -0.256. The Bertz CT molecular complexity index is 438. The Morgan fingerprint density at radius 1 is 1.44 bits per heavy atom.